The van der Waals surface area contributed by atoms with Crippen molar-refractivity contribution in [2.24, 2.45) is 0 Å². The Morgan fingerprint density at radius 3 is 2.52 bits per heavy atom. The second-order valence-electron chi connectivity index (χ2n) is 8.71. The normalized spacial score (nSPS) is 15.6. The van der Waals surface area contributed by atoms with Gasteiger partial charge in [-0.25, -0.2) is 4.79 Å². The number of amides is 1. The van der Waals surface area contributed by atoms with Crippen LogP contribution in [-0.4, -0.2) is 36.3 Å². The van der Waals surface area contributed by atoms with Crippen LogP contribution in [0.4, 0.5) is 18.9 Å². The smallest absolute Gasteiger partial charge is 0.422 e. The zero-order chi connectivity index (χ0) is 24.6. The molecule has 3 rings (SSSR count). The van der Waals surface area contributed by atoms with Gasteiger partial charge in [0.15, 0.2) is 6.61 Å². The molecule has 0 unspecified atom stereocenters. The summed E-state index contributed by atoms with van der Waals surface area (Å²) < 4.78 is 43.7. The van der Waals surface area contributed by atoms with Crippen LogP contribution in [0.15, 0.2) is 36.4 Å². The Morgan fingerprint density at radius 1 is 1.21 bits per heavy atom. The first-order chi connectivity index (χ1) is 15.3. The minimum absolute atomic E-state index is 0.0171. The SMILES string of the molecule is CCN1C(=O)CC(C)(C)c2cc(C)c(-c3cc(/C=C/C(=O)O)ccc3OCC(F)(F)F)cc21. The largest absolute Gasteiger partial charge is 0.483 e. The minimum atomic E-state index is -4.51. The number of fused-ring (bicyclic) bond motifs is 1. The van der Waals surface area contributed by atoms with Crippen LogP contribution >= 0.6 is 0 Å². The summed E-state index contributed by atoms with van der Waals surface area (Å²) in [7, 11) is 0. The number of hydrogen-bond donors (Lipinski definition) is 1. The molecule has 1 heterocycles. The van der Waals surface area contributed by atoms with E-state index in [-0.39, 0.29) is 17.1 Å². The van der Waals surface area contributed by atoms with Crippen LogP contribution < -0.4 is 9.64 Å². The summed E-state index contributed by atoms with van der Waals surface area (Å²) in [6.45, 7) is 6.71. The van der Waals surface area contributed by atoms with E-state index in [2.05, 4.69) is 0 Å². The molecule has 0 saturated carbocycles. The second-order valence-corrected chi connectivity index (χ2v) is 8.71. The summed E-state index contributed by atoms with van der Waals surface area (Å²) in [6, 6.07) is 8.26. The highest BCUT2D eigenvalue weighted by molar-refractivity contribution is 5.99. The molecule has 1 aliphatic heterocycles. The molecule has 0 bridgehead atoms. The molecule has 8 heteroatoms. The van der Waals surface area contributed by atoms with Gasteiger partial charge in [-0.1, -0.05) is 26.0 Å². The molecule has 1 N–H and O–H groups in total. The zero-order valence-corrected chi connectivity index (χ0v) is 18.9. The van der Waals surface area contributed by atoms with Gasteiger partial charge < -0.3 is 14.7 Å². The topological polar surface area (TPSA) is 66.8 Å². The third kappa shape index (κ3) is 5.38. The van der Waals surface area contributed by atoms with E-state index in [1.807, 2.05) is 39.8 Å². The van der Waals surface area contributed by atoms with Crippen LogP contribution in [0.25, 0.3) is 17.2 Å². The van der Waals surface area contributed by atoms with Crippen molar-refractivity contribution in [1.82, 2.24) is 0 Å². The van der Waals surface area contributed by atoms with E-state index in [0.717, 1.165) is 17.2 Å². The zero-order valence-electron chi connectivity index (χ0n) is 18.9. The molecule has 2 aromatic rings. The fourth-order valence-electron chi connectivity index (χ4n) is 4.12. The van der Waals surface area contributed by atoms with Gasteiger partial charge in [-0.2, -0.15) is 13.2 Å². The standard InChI is InChI=1S/C25H26F3NO4/c1-5-29-20-12-17(15(2)10-19(20)24(3,4)13-22(29)30)18-11-16(7-9-23(31)32)6-8-21(18)33-14-25(26,27)28/h6-12H,5,13-14H2,1-4H3,(H,31,32)/b9-7+. The average molecular weight is 461 g/mol. The number of halogens is 3. The summed E-state index contributed by atoms with van der Waals surface area (Å²) in [6.07, 6.45) is -1.84. The number of alkyl halides is 3. The van der Waals surface area contributed by atoms with Gasteiger partial charge in [-0.15, -0.1) is 0 Å². The molecule has 0 atom stereocenters. The Hall–Kier alpha value is -3.29. The minimum Gasteiger partial charge on any atom is -0.483 e. The van der Waals surface area contributed by atoms with Crippen LogP contribution in [0.5, 0.6) is 5.75 Å². The number of carboxylic acids is 1. The third-order valence-corrected chi connectivity index (χ3v) is 5.68. The molecule has 1 amide bonds. The van der Waals surface area contributed by atoms with Crippen molar-refractivity contribution < 1.29 is 32.6 Å². The van der Waals surface area contributed by atoms with Crippen molar-refractivity contribution in [3.63, 3.8) is 0 Å². The van der Waals surface area contributed by atoms with E-state index in [4.69, 9.17) is 9.84 Å². The Balaban J connectivity index is 2.21. The number of ether oxygens (including phenoxy) is 1. The summed E-state index contributed by atoms with van der Waals surface area (Å²) in [4.78, 5) is 25.3. The van der Waals surface area contributed by atoms with E-state index in [1.54, 1.807) is 11.0 Å². The molecule has 33 heavy (non-hydrogen) atoms. The van der Waals surface area contributed by atoms with Crippen LogP contribution in [-0.2, 0) is 15.0 Å². The van der Waals surface area contributed by atoms with Crippen molar-refractivity contribution in [3.8, 4) is 16.9 Å². The number of carbonyl (C=O) groups excluding carboxylic acids is 1. The third-order valence-electron chi connectivity index (χ3n) is 5.68. The predicted molar refractivity (Wildman–Crippen MR) is 121 cm³/mol. The number of benzene rings is 2. The molecule has 5 nitrogen and oxygen atoms in total. The van der Waals surface area contributed by atoms with E-state index < -0.39 is 18.8 Å². The molecular weight excluding hydrogens is 435 g/mol. The fourth-order valence-corrected chi connectivity index (χ4v) is 4.12. The van der Waals surface area contributed by atoms with Crippen molar-refractivity contribution in [1.29, 1.82) is 0 Å². The molecule has 0 saturated heterocycles. The number of hydrogen-bond acceptors (Lipinski definition) is 3. The fraction of sp³-hybridized carbons (Fsp3) is 0.360. The predicted octanol–water partition coefficient (Wildman–Crippen LogP) is 5.74. The maximum absolute atomic E-state index is 12.8. The van der Waals surface area contributed by atoms with E-state index in [9.17, 15) is 22.8 Å². The molecule has 2 aromatic carbocycles. The number of anilines is 1. The van der Waals surface area contributed by atoms with Crippen LogP contribution in [0, 0.1) is 6.92 Å². The van der Waals surface area contributed by atoms with Gasteiger partial charge in [0.1, 0.15) is 5.75 Å². The second kappa shape index (κ2) is 8.92. The first-order valence-electron chi connectivity index (χ1n) is 10.5. The molecular formula is C25H26F3NO4. The molecule has 176 valence electrons. The highest BCUT2D eigenvalue weighted by Crippen LogP contribution is 2.45. The maximum atomic E-state index is 12.8. The lowest BCUT2D eigenvalue weighted by molar-refractivity contribution is -0.153. The Labute approximate surface area is 190 Å². The summed E-state index contributed by atoms with van der Waals surface area (Å²) >= 11 is 0. The van der Waals surface area contributed by atoms with E-state index >= 15 is 0 Å². The number of rotatable bonds is 6. The quantitative estimate of drug-likeness (QED) is 0.558. The monoisotopic (exact) mass is 461 g/mol. The van der Waals surface area contributed by atoms with Crippen LogP contribution in [0.2, 0.25) is 0 Å². The van der Waals surface area contributed by atoms with Gasteiger partial charge in [0, 0.05) is 35.7 Å². The van der Waals surface area contributed by atoms with Crippen molar-refractivity contribution >= 4 is 23.6 Å². The number of aryl methyl sites for hydroxylation is 1. The van der Waals surface area contributed by atoms with E-state index in [0.29, 0.717) is 35.3 Å². The van der Waals surface area contributed by atoms with Crippen molar-refractivity contribution in [2.75, 3.05) is 18.1 Å². The first-order valence-corrected chi connectivity index (χ1v) is 10.5. The number of carboxylic acid groups (broad SMARTS) is 1. The number of nitrogens with zero attached hydrogens (tertiary/aromatic N) is 1. The molecule has 0 aliphatic carbocycles. The average Bonchev–Trinajstić information content (AvgIpc) is 2.70. The van der Waals surface area contributed by atoms with Gasteiger partial charge in [0.05, 0.1) is 0 Å². The summed E-state index contributed by atoms with van der Waals surface area (Å²) in [5, 5.41) is 8.92. The van der Waals surface area contributed by atoms with E-state index in [1.165, 1.54) is 18.2 Å². The first kappa shape index (κ1) is 24.4. The Bertz CT molecular complexity index is 1120. The molecule has 0 spiro atoms. The molecule has 1 aliphatic rings. The van der Waals surface area contributed by atoms with Gasteiger partial charge in [-0.3, -0.25) is 4.79 Å². The molecule has 0 aromatic heterocycles. The Kier molecular flexibility index (Phi) is 6.58. The number of carbonyl (C=O) groups is 2. The van der Waals surface area contributed by atoms with Gasteiger partial charge in [0.25, 0.3) is 0 Å². The molecule has 0 fully saturated rings. The highest BCUT2D eigenvalue weighted by atomic mass is 19.4. The van der Waals surface area contributed by atoms with Gasteiger partial charge in [-0.05, 0) is 60.4 Å². The van der Waals surface area contributed by atoms with Gasteiger partial charge in [0.2, 0.25) is 5.91 Å². The van der Waals surface area contributed by atoms with Gasteiger partial charge >= 0.3 is 12.1 Å². The van der Waals surface area contributed by atoms with Crippen LogP contribution in [0.1, 0.15) is 43.9 Å². The lowest BCUT2D eigenvalue weighted by Crippen LogP contribution is -2.41. The maximum Gasteiger partial charge on any atom is 0.422 e. The highest BCUT2D eigenvalue weighted by Gasteiger charge is 2.37. The van der Waals surface area contributed by atoms with Crippen LogP contribution in [0.3, 0.4) is 0 Å². The lowest BCUT2D eigenvalue weighted by atomic mass is 9.75. The lowest BCUT2D eigenvalue weighted by Gasteiger charge is -2.39. The number of aliphatic carboxylic acids is 1. The van der Waals surface area contributed by atoms with Crippen molar-refractivity contribution in [2.45, 2.75) is 45.7 Å². The summed E-state index contributed by atoms with van der Waals surface area (Å²) in [5.41, 5.74) is 3.62. The summed E-state index contributed by atoms with van der Waals surface area (Å²) in [5.74, 6) is -1.14. The Morgan fingerprint density at radius 2 is 1.91 bits per heavy atom. The molecule has 0 radical (unpaired) electrons. The van der Waals surface area contributed by atoms with Crippen molar-refractivity contribution in [3.05, 3.63) is 53.1 Å².